The third-order valence-electron chi connectivity index (χ3n) is 15.4. The normalized spacial score (nSPS) is 38.2. The Morgan fingerprint density at radius 2 is 1.58 bits per heavy atom. The number of methoxy groups -OCH3 is 4. The van der Waals surface area contributed by atoms with Gasteiger partial charge < -0.3 is 52.6 Å². The zero-order chi connectivity index (χ0) is 54.2. The highest BCUT2D eigenvalue weighted by Gasteiger charge is 2.53. The third-order valence-corrected chi connectivity index (χ3v) is 16.7. The van der Waals surface area contributed by atoms with Crippen LogP contribution < -0.4 is 0 Å². The number of carbonyl (C=O) groups excluding carboxylic acids is 5. The molecule has 1 saturated carbocycles. The van der Waals surface area contributed by atoms with Crippen LogP contribution in [0.3, 0.4) is 0 Å². The molecule has 414 valence electrons. The number of carbonyl (C=O) groups is 5. The van der Waals surface area contributed by atoms with Gasteiger partial charge in [0.25, 0.3) is 11.7 Å². The number of nitrogens with zero attached hydrogens (tertiary/aromatic N) is 1. The Bertz CT molecular complexity index is 2020. The molecule has 4 aliphatic rings. The fourth-order valence-electron chi connectivity index (χ4n) is 10.8. The molecule has 18 heteroatoms. The monoisotopic (exact) mass is 1050 g/mol. The Morgan fingerprint density at radius 3 is 2.25 bits per heavy atom. The number of ether oxygens (including phenoxy) is 6. The van der Waals surface area contributed by atoms with E-state index in [1.54, 1.807) is 41.1 Å². The number of esters is 1. The number of rotatable bonds is 12. The molecule has 3 unspecified atom stereocenters. The molecule has 73 heavy (non-hydrogen) atoms. The molecule has 3 heterocycles. The Hall–Kier alpha value is -3.22. The molecule has 3 aliphatic heterocycles. The largest absolute Gasteiger partial charge is 0.460 e. The number of hydrogen-bond donors (Lipinski definition) is 2. The lowest BCUT2D eigenvalue weighted by atomic mass is 9.78. The molecule has 1 amide bonds. The Morgan fingerprint density at radius 1 is 0.849 bits per heavy atom. The first-order valence-electron chi connectivity index (χ1n) is 26.4. The van der Waals surface area contributed by atoms with Crippen molar-refractivity contribution in [2.75, 3.05) is 54.9 Å². The summed E-state index contributed by atoms with van der Waals surface area (Å²) in [7, 11) is 2.60. The van der Waals surface area contributed by atoms with Crippen LogP contribution in [0.1, 0.15) is 126 Å². The van der Waals surface area contributed by atoms with Crippen LogP contribution in [0.4, 0.5) is 0 Å². The summed E-state index contributed by atoms with van der Waals surface area (Å²) in [6, 6.07) is -1.18. The summed E-state index contributed by atoms with van der Waals surface area (Å²) in [6.07, 6.45) is 10.6. The molecule has 0 aromatic rings. The lowest BCUT2D eigenvalue weighted by molar-refractivity contribution is -0.265. The van der Waals surface area contributed by atoms with Crippen molar-refractivity contribution in [1.29, 1.82) is 0 Å². The van der Waals surface area contributed by atoms with Gasteiger partial charge in [0.15, 0.2) is 5.78 Å². The molecule has 2 N–H and O–H groups in total. The second kappa shape index (κ2) is 29.3. The summed E-state index contributed by atoms with van der Waals surface area (Å²) >= 11 is 0. The number of aliphatic hydroxyl groups excluding tert-OH is 1. The zero-order valence-electron chi connectivity index (χ0n) is 45.7. The number of allylic oxidation sites excluding steroid dienone is 6. The van der Waals surface area contributed by atoms with Gasteiger partial charge >= 0.3 is 13.6 Å². The number of cyclic esters (lactones) is 1. The summed E-state index contributed by atoms with van der Waals surface area (Å²) in [5.74, 6) is -8.35. The molecule has 0 radical (unpaired) electrons. The van der Waals surface area contributed by atoms with Gasteiger partial charge in [0.1, 0.15) is 30.1 Å². The highest BCUT2D eigenvalue weighted by Crippen LogP contribution is 2.48. The molecule has 3 fully saturated rings. The van der Waals surface area contributed by atoms with E-state index in [1.165, 1.54) is 25.8 Å². The highest BCUT2D eigenvalue weighted by atomic mass is 31.2. The maximum absolute atomic E-state index is 14.6. The van der Waals surface area contributed by atoms with Crippen LogP contribution in [0.15, 0.2) is 47.6 Å². The fraction of sp³-hybridized carbons (Fsp3) is 0.764. The van der Waals surface area contributed by atoms with Crippen molar-refractivity contribution < 1.29 is 76.2 Å². The summed E-state index contributed by atoms with van der Waals surface area (Å²) < 4.78 is 59.5. The van der Waals surface area contributed by atoms with Crippen molar-refractivity contribution in [3.63, 3.8) is 0 Å². The lowest BCUT2D eigenvalue weighted by Crippen LogP contribution is -2.61. The van der Waals surface area contributed by atoms with E-state index in [9.17, 15) is 38.8 Å². The minimum absolute atomic E-state index is 0.00279. The topological polar surface area (TPSA) is 220 Å². The third kappa shape index (κ3) is 17.7. The standard InChI is InChI=1S/C55H88NO16P/c1-34-18-14-13-15-19-35(2)46(66-9)32-42-23-21-40(7)55(63,71-42)52(60)53(61)56-25-17-16-20-43(56)54(62)70-47(33-44(57)36(3)29-39(6)50(59)51(68-11)49(58)38(5)28-34)37(4)30-41-22-24-45(48(31-41)67-10)72-73(12,64)69-27-26-65-8/h13-15,18-19,29,34,36-38,40-43,45-48,50-51,59,63H,16-17,20-28,30-33H2,1-12H3/b15-13+,18-14+,35-19+,39-29+/t34-,36-,37-,38-,40-,41?,42+,43+,45-,46+,47?,48-,50-,51+,55-,73?/m1/s1. The number of ketones is 3. The summed E-state index contributed by atoms with van der Waals surface area (Å²) in [4.78, 5) is 72.5. The summed E-state index contributed by atoms with van der Waals surface area (Å²) in [5, 5.41) is 23.5. The lowest BCUT2D eigenvalue weighted by Gasteiger charge is -2.42. The van der Waals surface area contributed by atoms with E-state index in [4.69, 9.17) is 37.5 Å². The van der Waals surface area contributed by atoms with Crippen molar-refractivity contribution >= 4 is 36.8 Å². The number of Topliss-reactive ketones (excluding diaryl/α,β-unsaturated/α-hetero) is 3. The molecule has 2 bridgehead atoms. The first kappa shape index (κ1) is 62.3. The first-order chi connectivity index (χ1) is 34.5. The average molecular weight is 1050 g/mol. The number of fused-ring (bicyclic) bond motifs is 3. The number of aliphatic hydroxyl groups is 2. The molecule has 16 atom stereocenters. The van der Waals surface area contributed by atoms with Crippen molar-refractivity contribution in [1.82, 2.24) is 4.90 Å². The van der Waals surface area contributed by atoms with Crippen LogP contribution in [0.5, 0.6) is 0 Å². The first-order valence-corrected chi connectivity index (χ1v) is 28.4. The summed E-state index contributed by atoms with van der Waals surface area (Å²) in [5.41, 5.74) is 1.24. The summed E-state index contributed by atoms with van der Waals surface area (Å²) in [6.45, 7) is 14.5. The smallest absolute Gasteiger partial charge is 0.329 e. The van der Waals surface area contributed by atoms with Crippen LogP contribution in [0.2, 0.25) is 0 Å². The second-order valence-corrected chi connectivity index (χ2v) is 23.3. The van der Waals surface area contributed by atoms with Crippen LogP contribution in [-0.4, -0.2) is 154 Å². The predicted octanol–water partition coefficient (Wildman–Crippen LogP) is 7.69. The van der Waals surface area contributed by atoms with Gasteiger partial charge in [-0.1, -0.05) is 71.1 Å². The van der Waals surface area contributed by atoms with Gasteiger partial charge in [-0.3, -0.25) is 23.7 Å². The molecule has 0 spiro atoms. The van der Waals surface area contributed by atoms with E-state index in [1.807, 2.05) is 58.1 Å². The van der Waals surface area contributed by atoms with Crippen LogP contribution >= 0.6 is 7.60 Å². The second-order valence-electron chi connectivity index (χ2n) is 21.3. The quantitative estimate of drug-likeness (QED) is 0.0629. The Labute approximate surface area is 434 Å². The van der Waals surface area contributed by atoms with Gasteiger partial charge in [0.2, 0.25) is 5.79 Å². The predicted molar refractivity (Wildman–Crippen MR) is 275 cm³/mol. The molecule has 4 rings (SSSR count). The molecule has 0 aromatic carbocycles. The van der Waals surface area contributed by atoms with E-state index in [2.05, 4.69) is 0 Å². The van der Waals surface area contributed by atoms with Gasteiger partial charge in [-0.15, -0.1) is 0 Å². The SMILES string of the molecule is COCCOP(C)(=O)O[C@@H]1CCC(C[C@@H](C)C2CC(=O)[C@H](C)/C=C(\C)[C@@H](O)[C@@H](OC)C(=O)[C@H](C)C[C@H](C)/C=C/C=C/C=C(\C)[C@@H](OC)C[C@@H]3CC[C@@H](C)[C@@](O)(O3)C(=O)C(=O)N3CCCC[C@H]3C(=O)O2)C[C@H]1OC. The Balaban J connectivity index is 1.68. The van der Waals surface area contributed by atoms with Gasteiger partial charge in [0, 0.05) is 72.2 Å². The van der Waals surface area contributed by atoms with Crippen molar-refractivity contribution in [3.8, 4) is 0 Å². The molecule has 2 saturated heterocycles. The fourth-order valence-corrected chi connectivity index (χ4v) is 12.0. The zero-order valence-corrected chi connectivity index (χ0v) is 46.6. The molecule has 17 nitrogen and oxygen atoms in total. The van der Waals surface area contributed by atoms with Crippen molar-refractivity contribution in [2.45, 2.75) is 180 Å². The van der Waals surface area contributed by atoms with Crippen LogP contribution in [0.25, 0.3) is 0 Å². The molecule has 0 aromatic heterocycles. The van der Waals surface area contributed by atoms with Gasteiger partial charge in [-0.05, 0) is 107 Å². The number of amides is 1. The van der Waals surface area contributed by atoms with Gasteiger partial charge in [-0.25, -0.2) is 4.79 Å². The van der Waals surface area contributed by atoms with Crippen molar-refractivity contribution in [2.24, 2.45) is 35.5 Å². The van der Waals surface area contributed by atoms with E-state index in [0.29, 0.717) is 69.8 Å². The van der Waals surface area contributed by atoms with Crippen LogP contribution in [-0.2, 0) is 66.0 Å². The average Bonchev–Trinajstić information content (AvgIpc) is 3.35. The molecular formula is C55H88NO16P. The number of piperidine rings is 1. The molecular weight excluding hydrogens is 962 g/mol. The minimum atomic E-state index is -3.43. The maximum Gasteiger partial charge on any atom is 0.329 e. The van der Waals surface area contributed by atoms with E-state index < -0.39 is 103 Å². The Kier molecular flexibility index (Phi) is 25.0. The minimum Gasteiger partial charge on any atom is -0.460 e. The number of hydrogen-bond acceptors (Lipinski definition) is 16. The van der Waals surface area contributed by atoms with Gasteiger partial charge in [-0.2, -0.15) is 0 Å². The van der Waals surface area contributed by atoms with Crippen LogP contribution in [0, 0.1) is 35.5 Å². The highest BCUT2D eigenvalue weighted by molar-refractivity contribution is 7.53. The molecule has 1 aliphatic carbocycles. The van der Waals surface area contributed by atoms with E-state index in [0.717, 1.165) is 5.57 Å². The van der Waals surface area contributed by atoms with E-state index in [-0.39, 0.29) is 56.0 Å². The maximum atomic E-state index is 14.6. The van der Waals surface area contributed by atoms with Gasteiger partial charge in [0.05, 0.1) is 37.6 Å². The van der Waals surface area contributed by atoms with E-state index >= 15 is 0 Å². The van der Waals surface area contributed by atoms with Crippen molar-refractivity contribution in [3.05, 3.63) is 47.6 Å².